The van der Waals surface area contributed by atoms with E-state index in [1.54, 1.807) is 36.4 Å². The molecule has 0 saturated carbocycles. The van der Waals surface area contributed by atoms with Gasteiger partial charge < -0.3 is 10.4 Å². The number of carbonyl (C=O) groups excluding carboxylic acids is 1. The van der Waals surface area contributed by atoms with E-state index in [4.69, 9.17) is 0 Å². The molecule has 1 heterocycles. The summed E-state index contributed by atoms with van der Waals surface area (Å²) < 4.78 is 1.11. The van der Waals surface area contributed by atoms with Gasteiger partial charge in [-0.05, 0) is 36.8 Å². The summed E-state index contributed by atoms with van der Waals surface area (Å²) >= 11 is 0. The topological polar surface area (TPSA) is 101 Å². The maximum Gasteiger partial charge on any atom is 0.330 e. The summed E-state index contributed by atoms with van der Waals surface area (Å²) in [6, 6.07) is 8.82. The van der Waals surface area contributed by atoms with E-state index in [0.29, 0.717) is 5.56 Å². The first-order chi connectivity index (χ1) is 12.5. The highest BCUT2D eigenvalue weighted by molar-refractivity contribution is 5.84. The minimum Gasteiger partial charge on any atom is -0.479 e. The van der Waals surface area contributed by atoms with Gasteiger partial charge in [0.05, 0.1) is 5.69 Å². The quantitative estimate of drug-likeness (QED) is 0.791. The number of amides is 1. The SMILES string of the molecule is O=C(Cn1nc2c(cc1=O)CCCCC2)N[C@@H](C(=O)O)c1ccccc1. The summed E-state index contributed by atoms with van der Waals surface area (Å²) in [5.74, 6) is -1.73. The van der Waals surface area contributed by atoms with Gasteiger partial charge in [-0.2, -0.15) is 5.10 Å². The van der Waals surface area contributed by atoms with E-state index in [9.17, 15) is 19.5 Å². The first kappa shape index (κ1) is 17.8. The van der Waals surface area contributed by atoms with E-state index in [1.807, 2.05) is 0 Å². The van der Waals surface area contributed by atoms with Crippen molar-refractivity contribution in [2.45, 2.75) is 44.7 Å². The second-order valence-corrected chi connectivity index (χ2v) is 6.42. The molecule has 0 unspecified atom stereocenters. The van der Waals surface area contributed by atoms with Gasteiger partial charge in [-0.1, -0.05) is 36.8 Å². The monoisotopic (exact) mass is 355 g/mol. The molecule has 1 aromatic heterocycles. The Morgan fingerprint density at radius 3 is 2.62 bits per heavy atom. The average Bonchev–Trinajstić information content (AvgIpc) is 2.85. The lowest BCUT2D eigenvalue weighted by molar-refractivity contribution is -0.142. The number of benzene rings is 1. The summed E-state index contributed by atoms with van der Waals surface area (Å²) in [5, 5.41) is 16.2. The van der Waals surface area contributed by atoms with E-state index in [-0.39, 0.29) is 12.1 Å². The first-order valence-corrected chi connectivity index (χ1v) is 8.71. The summed E-state index contributed by atoms with van der Waals surface area (Å²) in [5.41, 5.74) is 1.94. The Labute approximate surface area is 150 Å². The van der Waals surface area contributed by atoms with E-state index in [0.717, 1.165) is 48.0 Å². The molecule has 0 saturated heterocycles. The molecule has 0 aliphatic heterocycles. The normalized spacial score (nSPS) is 14.8. The zero-order valence-corrected chi connectivity index (χ0v) is 14.4. The number of hydrogen-bond acceptors (Lipinski definition) is 4. The van der Waals surface area contributed by atoms with Crippen molar-refractivity contribution < 1.29 is 14.7 Å². The van der Waals surface area contributed by atoms with Gasteiger partial charge in [-0.15, -0.1) is 0 Å². The lowest BCUT2D eigenvalue weighted by Crippen LogP contribution is -2.38. The summed E-state index contributed by atoms with van der Waals surface area (Å²) in [4.78, 5) is 36.0. The highest BCUT2D eigenvalue weighted by Crippen LogP contribution is 2.17. The molecule has 26 heavy (non-hydrogen) atoms. The van der Waals surface area contributed by atoms with Crippen LogP contribution in [0.3, 0.4) is 0 Å². The predicted molar refractivity (Wildman–Crippen MR) is 94.7 cm³/mol. The second-order valence-electron chi connectivity index (χ2n) is 6.42. The van der Waals surface area contributed by atoms with Crippen molar-refractivity contribution in [2.24, 2.45) is 0 Å². The fraction of sp³-hybridized carbons (Fsp3) is 0.368. The van der Waals surface area contributed by atoms with Gasteiger partial charge in [-0.3, -0.25) is 9.59 Å². The van der Waals surface area contributed by atoms with Crippen molar-refractivity contribution >= 4 is 11.9 Å². The molecular weight excluding hydrogens is 334 g/mol. The van der Waals surface area contributed by atoms with Crippen LogP contribution in [0.4, 0.5) is 0 Å². The Kier molecular flexibility index (Phi) is 5.46. The molecule has 1 aliphatic rings. The maximum atomic E-state index is 12.3. The van der Waals surface area contributed by atoms with Gasteiger partial charge in [0.25, 0.3) is 5.56 Å². The zero-order chi connectivity index (χ0) is 18.5. The van der Waals surface area contributed by atoms with Crippen LogP contribution in [-0.4, -0.2) is 26.8 Å². The number of hydrogen-bond donors (Lipinski definition) is 2. The molecule has 2 N–H and O–H groups in total. The number of fused-ring (bicyclic) bond motifs is 1. The van der Waals surface area contributed by atoms with Crippen LogP contribution in [0.5, 0.6) is 0 Å². The standard InChI is InChI=1S/C19H21N3O4/c23-16(20-18(19(25)26)13-7-3-1-4-8-13)12-22-17(24)11-14-9-5-2-6-10-15(14)21-22/h1,3-4,7-8,11,18H,2,5-6,9-10,12H2,(H,20,23)(H,25,26)/t18-/m1/s1. The Morgan fingerprint density at radius 2 is 1.88 bits per heavy atom. The third-order valence-electron chi connectivity index (χ3n) is 4.50. The Balaban J connectivity index is 1.76. The van der Waals surface area contributed by atoms with Gasteiger partial charge in [0.1, 0.15) is 6.54 Å². The van der Waals surface area contributed by atoms with E-state index >= 15 is 0 Å². The Bertz CT molecular complexity index is 861. The van der Waals surface area contributed by atoms with Crippen LogP contribution >= 0.6 is 0 Å². The molecule has 1 aromatic carbocycles. The van der Waals surface area contributed by atoms with E-state index < -0.39 is 17.9 Å². The number of nitrogens with one attached hydrogen (secondary N) is 1. The van der Waals surface area contributed by atoms with Gasteiger partial charge in [0.2, 0.25) is 5.91 Å². The fourth-order valence-corrected chi connectivity index (χ4v) is 3.17. The minimum absolute atomic E-state index is 0.303. The number of aromatic nitrogens is 2. The van der Waals surface area contributed by atoms with Crippen molar-refractivity contribution in [3.05, 3.63) is 63.6 Å². The van der Waals surface area contributed by atoms with Crippen molar-refractivity contribution in [3.8, 4) is 0 Å². The number of carbonyl (C=O) groups is 2. The van der Waals surface area contributed by atoms with Gasteiger partial charge in [0, 0.05) is 6.07 Å². The molecular formula is C19H21N3O4. The van der Waals surface area contributed by atoms with E-state index in [1.165, 1.54) is 0 Å². The lowest BCUT2D eigenvalue weighted by Gasteiger charge is -2.15. The number of aliphatic carboxylic acids is 1. The molecule has 7 nitrogen and oxygen atoms in total. The third-order valence-corrected chi connectivity index (χ3v) is 4.50. The van der Waals surface area contributed by atoms with Crippen molar-refractivity contribution in [3.63, 3.8) is 0 Å². The molecule has 1 amide bonds. The van der Waals surface area contributed by atoms with Crippen LogP contribution in [0, 0.1) is 0 Å². The third kappa shape index (κ3) is 4.17. The van der Waals surface area contributed by atoms with Crippen molar-refractivity contribution in [1.29, 1.82) is 0 Å². The number of aryl methyl sites for hydroxylation is 2. The highest BCUT2D eigenvalue weighted by Gasteiger charge is 2.22. The molecule has 7 heteroatoms. The molecule has 0 radical (unpaired) electrons. The van der Waals surface area contributed by atoms with Crippen LogP contribution in [-0.2, 0) is 29.0 Å². The summed E-state index contributed by atoms with van der Waals surface area (Å²) in [6.45, 7) is -0.303. The molecule has 0 bridgehead atoms. The summed E-state index contributed by atoms with van der Waals surface area (Å²) in [6.07, 6.45) is 4.77. The van der Waals surface area contributed by atoms with Gasteiger partial charge in [0.15, 0.2) is 6.04 Å². The largest absolute Gasteiger partial charge is 0.479 e. The zero-order valence-electron chi connectivity index (χ0n) is 14.4. The van der Waals surface area contributed by atoms with Crippen molar-refractivity contribution in [2.75, 3.05) is 0 Å². The van der Waals surface area contributed by atoms with Crippen molar-refractivity contribution in [1.82, 2.24) is 15.1 Å². The number of nitrogens with zero attached hydrogens (tertiary/aromatic N) is 2. The molecule has 136 valence electrons. The Morgan fingerprint density at radius 1 is 1.15 bits per heavy atom. The first-order valence-electron chi connectivity index (χ1n) is 8.71. The van der Waals surface area contributed by atoms with E-state index in [2.05, 4.69) is 10.4 Å². The Hall–Kier alpha value is -2.96. The van der Waals surface area contributed by atoms with Crippen LogP contribution in [0.25, 0.3) is 0 Å². The minimum atomic E-state index is -1.17. The molecule has 0 fully saturated rings. The lowest BCUT2D eigenvalue weighted by atomic mass is 10.1. The molecule has 0 spiro atoms. The highest BCUT2D eigenvalue weighted by atomic mass is 16.4. The smallest absolute Gasteiger partial charge is 0.330 e. The number of rotatable bonds is 5. The van der Waals surface area contributed by atoms with Crippen LogP contribution in [0.1, 0.15) is 42.1 Å². The number of carboxylic acid groups (broad SMARTS) is 1. The molecule has 1 aliphatic carbocycles. The van der Waals surface area contributed by atoms with Gasteiger partial charge >= 0.3 is 5.97 Å². The fourth-order valence-electron chi connectivity index (χ4n) is 3.17. The molecule has 3 rings (SSSR count). The van der Waals surface area contributed by atoms with Crippen LogP contribution < -0.4 is 10.9 Å². The van der Waals surface area contributed by atoms with Crippen LogP contribution in [0.2, 0.25) is 0 Å². The summed E-state index contributed by atoms with van der Waals surface area (Å²) in [7, 11) is 0. The molecule has 2 aromatic rings. The van der Waals surface area contributed by atoms with Crippen LogP contribution in [0.15, 0.2) is 41.2 Å². The number of carboxylic acids is 1. The molecule has 1 atom stereocenters. The predicted octanol–water partition coefficient (Wildman–Crippen LogP) is 1.45. The second kappa shape index (κ2) is 7.95. The average molecular weight is 355 g/mol. The van der Waals surface area contributed by atoms with Gasteiger partial charge in [-0.25, -0.2) is 9.48 Å². The maximum absolute atomic E-state index is 12.3.